The van der Waals surface area contributed by atoms with Crippen molar-refractivity contribution in [3.8, 4) is 0 Å². The van der Waals surface area contributed by atoms with Crippen LogP contribution in [-0.4, -0.2) is 22.4 Å². The lowest BCUT2D eigenvalue weighted by Crippen LogP contribution is -2.36. The molecule has 0 saturated carbocycles. The number of benzene rings is 1. The number of alkyl halides is 3. The van der Waals surface area contributed by atoms with Gasteiger partial charge in [-0.25, -0.2) is 4.98 Å². The highest BCUT2D eigenvalue weighted by molar-refractivity contribution is 6.05. The lowest BCUT2D eigenvalue weighted by Gasteiger charge is -2.29. The summed E-state index contributed by atoms with van der Waals surface area (Å²) < 4.78 is 38.5. The van der Waals surface area contributed by atoms with E-state index in [2.05, 4.69) is 9.97 Å². The molecule has 2 heterocycles. The number of aryl methyl sites for hydroxylation is 2. The fraction of sp³-hybridized carbons (Fsp3) is 0.312. The van der Waals surface area contributed by atoms with Gasteiger partial charge in [-0.05, 0) is 43.5 Å². The number of carbonyl (C=O) groups excluding carboxylic acids is 1. The van der Waals surface area contributed by atoms with E-state index >= 15 is 0 Å². The highest BCUT2D eigenvalue weighted by Crippen LogP contribution is 2.35. The van der Waals surface area contributed by atoms with Gasteiger partial charge in [0, 0.05) is 18.4 Å². The predicted molar refractivity (Wildman–Crippen MR) is 78.2 cm³/mol. The highest BCUT2D eigenvalue weighted by Gasteiger charge is 2.33. The van der Waals surface area contributed by atoms with Crippen molar-refractivity contribution in [2.45, 2.75) is 25.9 Å². The van der Waals surface area contributed by atoms with Crippen LogP contribution in [0.1, 0.15) is 33.7 Å². The zero-order valence-corrected chi connectivity index (χ0v) is 12.4. The summed E-state index contributed by atoms with van der Waals surface area (Å²) in [6.45, 7) is 2.21. The summed E-state index contributed by atoms with van der Waals surface area (Å²) in [6, 6.07) is 3.48. The van der Waals surface area contributed by atoms with E-state index in [0.29, 0.717) is 36.3 Å². The normalized spacial score (nSPS) is 14.5. The Kier molecular flexibility index (Phi) is 3.79. The largest absolute Gasteiger partial charge is 0.416 e. The van der Waals surface area contributed by atoms with Crippen molar-refractivity contribution in [1.29, 1.82) is 0 Å². The minimum absolute atomic E-state index is 0.184. The van der Waals surface area contributed by atoms with Gasteiger partial charge in [-0.15, -0.1) is 0 Å². The molecule has 1 aliphatic rings. The zero-order valence-electron chi connectivity index (χ0n) is 12.4. The van der Waals surface area contributed by atoms with Crippen LogP contribution in [0.25, 0.3) is 0 Å². The van der Waals surface area contributed by atoms with Crippen LogP contribution in [0.3, 0.4) is 0 Å². The number of nitrogens with zero attached hydrogens (tertiary/aromatic N) is 3. The Balaban J connectivity index is 1.95. The molecule has 0 radical (unpaired) electrons. The molecule has 0 N–H and O–H groups in total. The van der Waals surface area contributed by atoms with Crippen LogP contribution in [0, 0.1) is 6.92 Å². The number of hydrogen-bond acceptors (Lipinski definition) is 3. The molecule has 0 atom stereocenters. The average molecular weight is 321 g/mol. The quantitative estimate of drug-likeness (QED) is 0.809. The minimum Gasteiger partial charge on any atom is -0.307 e. The van der Waals surface area contributed by atoms with E-state index in [1.807, 2.05) is 0 Å². The van der Waals surface area contributed by atoms with Gasteiger partial charge in [0.15, 0.2) is 0 Å². The van der Waals surface area contributed by atoms with Gasteiger partial charge in [-0.1, -0.05) is 0 Å². The molecule has 0 bridgehead atoms. The molecule has 1 amide bonds. The Hall–Kier alpha value is -2.44. The van der Waals surface area contributed by atoms with Crippen molar-refractivity contribution in [3.63, 3.8) is 0 Å². The smallest absolute Gasteiger partial charge is 0.307 e. The third kappa shape index (κ3) is 3.04. The number of fused-ring (bicyclic) bond motifs is 1. The van der Waals surface area contributed by atoms with E-state index in [1.54, 1.807) is 6.92 Å². The maximum atomic E-state index is 12.8. The summed E-state index contributed by atoms with van der Waals surface area (Å²) in [4.78, 5) is 22.1. The Morgan fingerprint density at radius 2 is 2.00 bits per heavy atom. The van der Waals surface area contributed by atoms with Crippen molar-refractivity contribution in [2.75, 3.05) is 11.4 Å². The van der Waals surface area contributed by atoms with Crippen LogP contribution in [0.4, 0.5) is 18.9 Å². The van der Waals surface area contributed by atoms with Gasteiger partial charge in [-0.2, -0.15) is 13.2 Å². The van der Waals surface area contributed by atoms with Gasteiger partial charge in [0.2, 0.25) is 0 Å². The monoisotopic (exact) mass is 321 g/mol. The van der Waals surface area contributed by atoms with E-state index in [1.165, 1.54) is 23.4 Å². The molecule has 0 fully saturated rings. The van der Waals surface area contributed by atoms with Gasteiger partial charge >= 0.3 is 6.18 Å². The van der Waals surface area contributed by atoms with Gasteiger partial charge in [0.05, 0.1) is 17.5 Å². The molecule has 0 saturated heterocycles. The van der Waals surface area contributed by atoms with Crippen LogP contribution in [0.15, 0.2) is 30.6 Å². The fourth-order valence-corrected chi connectivity index (χ4v) is 2.63. The first-order chi connectivity index (χ1) is 10.9. The summed E-state index contributed by atoms with van der Waals surface area (Å²) in [5.74, 6) is -0.349. The predicted octanol–water partition coefficient (Wildman–Crippen LogP) is 3.40. The Morgan fingerprint density at radius 3 is 2.65 bits per heavy atom. The van der Waals surface area contributed by atoms with Gasteiger partial charge < -0.3 is 4.90 Å². The van der Waals surface area contributed by atoms with E-state index in [-0.39, 0.29) is 11.6 Å². The SMILES string of the molecule is Cc1cnc(C(=O)N2CCCc3cc(C(F)(F)F)ccc32)cn1. The van der Waals surface area contributed by atoms with Crippen LogP contribution < -0.4 is 4.90 Å². The van der Waals surface area contributed by atoms with Crippen LogP contribution >= 0.6 is 0 Å². The summed E-state index contributed by atoms with van der Waals surface area (Å²) in [6.07, 6.45) is -0.382. The van der Waals surface area contributed by atoms with Crippen LogP contribution in [-0.2, 0) is 12.6 Å². The standard InChI is InChI=1S/C16H14F3N3O/c1-10-8-21-13(9-20-10)15(23)22-6-2-3-11-7-12(16(17,18)19)4-5-14(11)22/h4-5,7-9H,2-3,6H2,1H3. The molecule has 0 unspecified atom stereocenters. The molecule has 23 heavy (non-hydrogen) atoms. The van der Waals surface area contributed by atoms with Gasteiger partial charge in [0.1, 0.15) is 5.69 Å². The van der Waals surface area contributed by atoms with Crippen LogP contribution in [0.2, 0.25) is 0 Å². The molecule has 7 heteroatoms. The van der Waals surface area contributed by atoms with E-state index in [0.717, 1.165) is 12.1 Å². The first-order valence-corrected chi connectivity index (χ1v) is 7.17. The van der Waals surface area contributed by atoms with Crippen LogP contribution in [0.5, 0.6) is 0 Å². The van der Waals surface area contributed by atoms with Crippen molar-refractivity contribution >= 4 is 11.6 Å². The zero-order chi connectivity index (χ0) is 16.6. The minimum atomic E-state index is -4.39. The molecular weight excluding hydrogens is 307 g/mol. The third-order valence-electron chi connectivity index (χ3n) is 3.77. The van der Waals surface area contributed by atoms with E-state index in [9.17, 15) is 18.0 Å². The molecule has 1 aliphatic heterocycles. The second-order valence-electron chi connectivity index (χ2n) is 5.44. The molecule has 120 valence electrons. The number of carbonyl (C=O) groups is 1. The van der Waals surface area contributed by atoms with Crippen molar-refractivity contribution in [1.82, 2.24) is 9.97 Å². The maximum absolute atomic E-state index is 12.8. The average Bonchev–Trinajstić information content (AvgIpc) is 2.53. The lowest BCUT2D eigenvalue weighted by molar-refractivity contribution is -0.137. The number of anilines is 1. The molecule has 2 aromatic rings. The topological polar surface area (TPSA) is 46.1 Å². The molecule has 1 aromatic heterocycles. The molecular formula is C16H14F3N3O. The molecule has 3 rings (SSSR count). The molecule has 0 spiro atoms. The number of halogens is 3. The second-order valence-corrected chi connectivity index (χ2v) is 5.44. The second kappa shape index (κ2) is 5.64. The van der Waals surface area contributed by atoms with E-state index < -0.39 is 11.7 Å². The lowest BCUT2D eigenvalue weighted by atomic mass is 9.98. The molecule has 4 nitrogen and oxygen atoms in total. The Labute approximate surface area is 131 Å². The molecule has 1 aromatic carbocycles. The van der Waals surface area contributed by atoms with Crippen molar-refractivity contribution in [3.05, 3.63) is 53.1 Å². The van der Waals surface area contributed by atoms with E-state index in [4.69, 9.17) is 0 Å². The number of amides is 1. The number of rotatable bonds is 1. The third-order valence-corrected chi connectivity index (χ3v) is 3.77. The van der Waals surface area contributed by atoms with Crippen molar-refractivity contribution in [2.24, 2.45) is 0 Å². The first kappa shape index (κ1) is 15.5. The van der Waals surface area contributed by atoms with Gasteiger partial charge in [-0.3, -0.25) is 9.78 Å². The highest BCUT2D eigenvalue weighted by atomic mass is 19.4. The summed E-state index contributed by atoms with van der Waals surface area (Å²) in [5, 5.41) is 0. The first-order valence-electron chi connectivity index (χ1n) is 7.17. The number of hydrogen-bond donors (Lipinski definition) is 0. The van der Waals surface area contributed by atoms with Crippen molar-refractivity contribution < 1.29 is 18.0 Å². The maximum Gasteiger partial charge on any atom is 0.416 e. The Bertz CT molecular complexity index is 741. The summed E-state index contributed by atoms with van der Waals surface area (Å²) >= 11 is 0. The number of aromatic nitrogens is 2. The fourth-order valence-electron chi connectivity index (χ4n) is 2.63. The summed E-state index contributed by atoms with van der Waals surface area (Å²) in [7, 11) is 0. The summed E-state index contributed by atoms with van der Waals surface area (Å²) in [5.41, 5.74) is 1.22. The Morgan fingerprint density at radius 1 is 1.22 bits per heavy atom. The van der Waals surface area contributed by atoms with Gasteiger partial charge in [0.25, 0.3) is 5.91 Å². The molecule has 0 aliphatic carbocycles.